The summed E-state index contributed by atoms with van der Waals surface area (Å²) >= 11 is 0. The zero-order valence-corrected chi connectivity index (χ0v) is 8.40. The highest BCUT2D eigenvalue weighted by Crippen LogP contribution is 2.20. The molecule has 2 unspecified atom stereocenters. The van der Waals surface area contributed by atoms with Gasteiger partial charge in [0, 0.05) is 13.6 Å². The Morgan fingerprint density at radius 2 is 2.43 bits per heavy atom. The van der Waals surface area contributed by atoms with Gasteiger partial charge in [-0.1, -0.05) is 5.92 Å². The van der Waals surface area contributed by atoms with Gasteiger partial charge in [0.15, 0.2) is 0 Å². The molecule has 1 fully saturated rings. The number of nitrogens with zero attached hydrogens (tertiary/aromatic N) is 1. The van der Waals surface area contributed by atoms with Crippen molar-refractivity contribution in [3.05, 3.63) is 0 Å². The van der Waals surface area contributed by atoms with E-state index in [0.29, 0.717) is 13.1 Å². The van der Waals surface area contributed by atoms with Gasteiger partial charge in [0.05, 0.1) is 12.6 Å². The first-order valence-corrected chi connectivity index (χ1v) is 4.73. The maximum atomic E-state index is 11.7. The summed E-state index contributed by atoms with van der Waals surface area (Å²) in [5, 5.41) is 0. The average molecular weight is 196 g/mol. The van der Waals surface area contributed by atoms with Crippen molar-refractivity contribution in [1.29, 1.82) is 0 Å². The summed E-state index contributed by atoms with van der Waals surface area (Å²) in [5.41, 5.74) is 5.45. The van der Waals surface area contributed by atoms with E-state index >= 15 is 0 Å². The molecule has 78 valence electrons. The zero-order valence-electron chi connectivity index (χ0n) is 8.40. The SMILES string of the molecule is C#CCN(C)C(=O)C1CCC(CN)O1. The van der Waals surface area contributed by atoms with Crippen LogP contribution < -0.4 is 5.73 Å². The van der Waals surface area contributed by atoms with Crippen LogP contribution in [0.2, 0.25) is 0 Å². The van der Waals surface area contributed by atoms with Gasteiger partial charge in [-0.3, -0.25) is 4.79 Å². The van der Waals surface area contributed by atoms with Crippen LogP contribution in [-0.4, -0.2) is 43.2 Å². The second-order valence-corrected chi connectivity index (χ2v) is 3.46. The molecular weight excluding hydrogens is 180 g/mol. The number of carbonyl (C=O) groups is 1. The molecule has 1 rings (SSSR count). The number of terminal acetylenes is 1. The third kappa shape index (κ3) is 2.47. The van der Waals surface area contributed by atoms with Gasteiger partial charge in [0.2, 0.25) is 0 Å². The Bertz CT molecular complexity index is 247. The molecule has 1 aliphatic heterocycles. The van der Waals surface area contributed by atoms with E-state index in [1.807, 2.05) is 0 Å². The number of likely N-dealkylation sites (N-methyl/N-ethyl adjacent to an activating group) is 1. The first kappa shape index (κ1) is 11.0. The topological polar surface area (TPSA) is 55.6 Å². The maximum Gasteiger partial charge on any atom is 0.252 e. The molecule has 14 heavy (non-hydrogen) atoms. The summed E-state index contributed by atoms with van der Waals surface area (Å²) in [6, 6.07) is 0. The quantitative estimate of drug-likeness (QED) is 0.624. The van der Waals surface area contributed by atoms with Gasteiger partial charge in [0.25, 0.3) is 5.91 Å². The third-order valence-corrected chi connectivity index (χ3v) is 2.35. The minimum absolute atomic E-state index is 0.0307. The molecule has 0 bridgehead atoms. The van der Waals surface area contributed by atoms with E-state index in [2.05, 4.69) is 5.92 Å². The van der Waals surface area contributed by atoms with Crippen molar-refractivity contribution in [2.24, 2.45) is 5.73 Å². The van der Waals surface area contributed by atoms with Crippen LogP contribution in [0.25, 0.3) is 0 Å². The Balaban J connectivity index is 2.43. The molecule has 1 aliphatic rings. The fraction of sp³-hybridized carbons (Fsp3) is 0.700. The molecule has 0 aromatic carbocycles. The highest BCUT2D eigenvalue weighted by molar-refractivity contribution is 5.81. The Kier molecular flexibility index (Phi) is 3.93. The molecule has 2 N–H and O–H groups in total. The van der Waals surface area contributed by atoms with Crippen LogP contribution in [0.5, 0.6) is 0 Å². The largest absolute Gasteiger partial charge is 0.364 e. The molecule has 0 aromatic rings. The molecule has 0 saturated carbocycles. The summed E-state index contributed by atoms with van der Waals surface area (Å²) in [5.74, 6) is 2.38. The van der Waals surface area contributed by atoms with Crippen LogP contribution in [0, 0.1) is 12.3 Å². The third-order valence-electron chi connectivity index (χ3n) is 2.35. The zero-order chi connectivity index (χ0) is 10.6. The van der Waals surface area contributed by atoms with Gasteiger partial charge in [-0.2, -0.15) is 0 Å². The van der Waals surface area contributed by atoms with E-state index in [1.54, 1.807) is 7.05 Å². The Hall–Kier alpha value is -1.05. The predicted molar refractivity (Wildman–Crippen MR) is 53.4 cm³/mol. The van der Waals surface area contributed by atoms with Gasteiger partial charge < -0.3 is 15.4 Å². The second kappa shape index (κ2) is 4.99. The Morgan fingerprint density at radius 3 is 2.93 bits per heavy atom. The van der Waals surface area contributed by atoms with Crippen molar-refractivity contribution in [3.63, 3.8) is 0 Å². The van der Waals surface area contributed by atoms with E-state index in [1.165, 1.54) is 4.90 Å². The number of amides is 1. The number of hydrogen-bond donors (Lipinski definition) is 1. The second-order valence-electron chi connectivity index (χ2n) is 3.46. The fourth-order valence-electron chi connectivity index (χ4n) is 1.52. The molecule has 0 radical (unpaired) electrons. The monoisotopic (exact) mass is 196 g/mol. The lowest BCUT2D eigenvalue weighted by molar-refractivity contribution is -0.140. The van der Waals surface area contributed by atoms with Crippen LogP contribution in [0.15, 0.2) is 0 Å². The molecule has 0 spiro atoms. The molecular formula is C10H16N2O2. The molecule has 1 amide bonds. The van der Waals surface area contributed by atoms with E-state index in [9.17, 15) is 4.79 Å². The maximum absolute atomic E-state index is 11.7. The first-order chi connectivity index (χ1) is 6.69. The summed E-state index contributed by atoms with van der Waals surface area (Å²) in [6.45, 7) is 0.800. The Morgan fingerprint density at radius 1 is 1.71 bits per heavy atom. The first-order valence-electron chi connectivity index (χ1n) is 4.73. The van der Waals surface area contributed by atoms with Gasteiger partial charge >= 0.3 is 0 Å². The lowest BCUT2D eigenvalue weighted by Crippen LogP contribution is -2.37. The molecule has 2 atom stereocenters. The van der Waals surface area contributed by atoms with Gasteiger partial charge in [-0.25, -0.2) is 0 Å². The standard InChI is InChI=1S/C10H16N2O2/c1-3-6-12(2)10(13)9-5-4-8(7-11)14-9/h1,8-9H,4-7,11H2,2H3. The highest BCUT2D eigenvalue weighted by Gasteiger charge is 2.31. The van der Waals surface area contributed by atoms with E-state index in [0.717, 1.165) is 12.8 Å². The Labute approximate surface area is 84.4 Å². The van der Waals surface area contributed by atoms with Crippen LogP contribution in [0.3, 0.4) is 0 Å². The number of carbonyl (C=O) groups excluding carboxylic acids is 1. The summed E-state index contributed by atoms with van der Waals surface area (Å²) in [4.78, 5) is 13.2. The fourth-order valence-corrected chi connectivity index (χ4v) is 1.52. The normalized spacial score (nSPS) is 25.8. The number of ether oxygens (including phenoxy) is 1. The van der Waals surface area contributed by atoms with Crippen LogP contribution >= 0.6 is 0 Å². The van der Waals surface area contributed by atoms with Crippen molar-refractivity contribution in [3.8, 4) is 12.3 Å². The van der Waals surface area contributed by atoms with Crippen molar-refractivity contribution in [2.75, 3.05) is 20.1 Å². The molecule has 4 heteroatoms. The molecule has 1 saturated heterocycles. The average Bonchev–Trinajstić information content (AvgIpc) is 2.65. The van der Waals surface area contributed by atoms with Crippen molar-refractivity contribution < 1.29 is 9.53 Å². The van der Waals surface area contributed by atoms with Gasteiger partial charge in [0.1, 0.15) is 6.10 Å². The van der Waals surface area contributed by atoms with E-state index < -0.39 is 0 Å². The minimum Gasteiger partial charge on any atom is -0.364 e. The van der Waals surface area contributed by atoms with Crippen molar-refractivity contribution >= 4 is 5.91 Å². The number of rotatable bonds is 3. The molecule has 0 aromatic heterocycles. The minimum atomic E-state index is -0.345. The smallest absolute Gasteiger partial charge is 0.252 e. The summed E-state index contributed by atoms with van der Waals surface area (Å²) in [7, 11) is 1.68. The van der Waals surface area contributed by atoms with Gasteiger partial charge in [-0.05, 0) is 12.8 Å². The lowest BCUT2D eigenvalue weighted by atomic mass is 10.2. The summed E-state index contributed by atoms with van der Waals surface area (Å²) < 4.78 is 5.46. The van der Waals surface area contributed by atoms with Crippen molar-refractivity contribution in [1.82, 2.24) is 4.90 Å². The molecule has 4 nitrogen and oxygen atoms in total. The van der Waals surface area contributed by atoms with E-state index in [4.69, 9.17) is 16.9 Å². The van der Waals surface area contributed by atoms with Crippen LogP contribution in [0.4, 0.5) is 0 Å². The van der Waals surface area contributed by atoms with Gasteiger partial charge in [-0.15, -0.1) is 6.42 Å². The van der Waals surface area contributed by atoms with Crippen LogP contribution in [0.1, 0.15) is 12.8 Å². The van der Waals surface area contributed by atoms with E-state index in [-0.39, 0.29) is 18.1 Å². The van der Waals surface area contributed by atoms with Crippen LogP contribution in [-0.2, 0) is 9.53 Å². The number of nitrogens with two attached hydrogens (primary N) is 1. The lowest BCUT2D eigenvalue weighted by Gasteiger charge is -2.18. The number of hydrogen-bond acceptors (Lipinski definition) is 3. The molecule has 0 aliphatic carbocycles. The summed E-state index contributed by atoms with van der Waals surface area (Å²) in [6.07, 6.45) is 6.40. The predicted octanol–water partition coefficient (Wildman–Crippen LogP) is -0.416. The van der Waals surface area contributed by atoms with Crippen molar-refractivity contribution in [2.45, 2.75) is 25.0 Å². The molecule has 1 heterocycles. The highest BCUT2D eigenvalue weighted by atomic mass is 16.5.